The minimum Gasteiger partial charge on any atom is -0.477 e. The number of carbonyl (C=O) groups is 1. The van der Waals surface area contributed by atoms with Gasteiger partial charge in [-0.3, -0.25) is 0 Å². The molecule has 0 fully saturated rings. The van der Waals surface area contributed by atoms with Crippen LogP contribution in [0, 0.1) is 0 Å². The maximum atomic E-state index is 10.9. The van der Waals surface area contributed by atoms with Crippen molar-refractivity contribution in [2.45, 2.75) is 6.61 Å². The van der Waals surface area contributed by atoms with E-state index in [1.807, 2.05) is 30.3 Å². The monoisotopic (exact) mass is 235 g/mol. The summed E-state index contributed by atoms with van der Waals surface area (Å²) in [6, 6.07) is 9.30. The Bertz CT molecular complexity index is 507. The van der Waals surface area contributed by atoms with Crippen molar-refractivity contribution in [3.63, 3.8) is 0 Å². The van der Waals surface area contributed by atoms with Crippen LogP contribution >= 0.6 is 11.3 Å². The predicted molar refractivity (Wildman–Crippen MR) is 60.4 cm³/mol. The average Bonchev–Trinajstić information content (AvgIpc) is 2.74. The molecule has 0 amide bonds. The highest BCUT2D eigenvalue weighted by Gasteiger charge is 2.16. The first-order chi connectivity index (χ1) is 7.72. The smallest absolute Gasteiger partial charge is 0.347 e. The zero-order valence-corrected chi connectivity index (χ0v) is 9.07. The van der Waals surface area contributed by atoms with Crippen LogP contribution in [0.5, 0.6) is 0 Å². The van der Waals surface area contributed by atoms with E-state index in [0.29, 0.717) is 5.01 Å². The summed E-state index contributed by atoms with van der Waals surface area (Å²) < 4.78 is 0. The van der Waals surface area contributed by atoms with Crippen LogP contribution in [0.2, 0.25) is 0 Å². The maximum Gasteiger partial charge on any atom is 0.347 e. The maximum absolute atomic E-state index is 10.9. The van der Waals surface area contributed by atoms with Gasteiger partial charge in [0, 0.05) is 5.56 Å². The second-order valence-corrected chi connectivity index (χ2v) is 4.12. The van der Waals surface area contributed by atoms with Crippen molar-refractivity contribution >= 4 is 17.3 Å². The Balaban J connectivity index is 2.48. The van der Waals surface area contributed by atoms with Gasteiger partial charge >= 0.3 is 5.97 Å². The highest BCUT2D eigenvalue weighted by molar-refractivity contribution is 7.17. The molecule has 0 atom stereocenters. The van der Waals surface area contributed by atoms with Crippen LogP contribution in [0.4, 0.5) is 0 Å². The molecule has 0 aliphatic heterocycles. The highest BCUT2D eigenvalue weighted by atomic mass is 32.1. The predicted octanol–water partition coefficient (Wildman–Crippen LogP) is 2.00. The van der Waals surface area contributed by atoms with Crippen LogP contribution < -0.4 is 0 Å². The molecule has 0 unspecified atom stereocenters. The van der Waals surface area contributed by atoms with Crippen molar-refractivity contribution in [3.8, 4) is 10.6 Å². The number of carboxylic acid groups (broad SMARTS) is 1. The normalized spacial score (nSPS) is 10.3. The molecule has 0 saturated carbocycles. The number of hydrogen-bond donors (Lipinski definition) is 2. The average molecular weight is 235 g/mol. The van der Waals surface area contributed by atoms with Crippen molar-refractivity contribution in [2.75, 3.05) is 0 Å². The molecule has 16 heavy (non-hydrogen) atoms. The Morgan fingerprint density at radius 3 is 2.50 bits per heavy atom. The second kappa shape index (κ2) is 4.42. The fourth-order valence-electron chi connectivity index (χ4n) is 1.33. The summed E-state index contributed by atoms with van der Waals surface area (Å²) in [6.45, 7) is -0.356. The van der Waals surface area contributed by atoms with Crippen molar-refractivity contribution in [1.29, 1.82) is 0 Å². The van der Waals surface area contributed by atoms with E-state index in [2.05, 4.69) is 4.98 Å². The van der Waals surface area contributed by atoms with E-state index in [1.54, 1.807) is 0 Å². The Morgan fingerprint density at radius 1 is 1.31 bits per heavy atom. The molecule has 1 aromatic carbocycles. The van der Waals surface area contributed by atoms with Gasteiger partial charge in [0.15, 0.2) is 0 Å². The molecule has 0 aliphatic carbocycles. The van der Waals surface area contributed by atoms with Gasteiger partial charge in [0.05, 0.1) is 12.3 Å². The quantitative estimate of drug-likeness (QED) is 0.853. The van der Waals surface area contributed by atoms with Crippen molar-refractivity contribution < 1.29 is 15.0 Å². The van der Waals surface area contributed by atoms with E-state index in [1.165, 1.54) is 0 Å². The van der Waals surface area contributed by atoms with E-state index in [9.17, 15) is 4.79 Å². The number of aromatic nitrogens is 1. The van der Waals surface area contributed by atoms with Crippen LogP contribution in [-0.2, 0) is 6.61 Å². The number of aromatic carboxylic acids is 1. The summed E-state index contributed by atoms with van der Waals surface area (Å²) >= 11 is 1.07. The third-order valence-corrected chi connectivity index (χ3v) is 3.20. The topological polar surface area (TPSA) is 70.4 Å². The third-order valence-electron chi connectivity index (χ3n) is 2.06. The lowest BCUT2D eigenvalue weighted by molar-refractivity contribution is 0.0698. The second-order valence-electron chi connectivity index (χ2n) is 3.12. The van der Waals surface area contributed by atoms with Crippen LogP contribution in [0.25, 0.3) is 10.6 Å². The van der Waals surface area contributed by atoms with Crippen LogP contribution in [-0.4, -0.2) is 21.2 Å². The van der Waals surface area contributed by atoms with Crippen LogP contribution in [0.15, 0.2) is 30.3 Å². The number of rotatable bonds is 3. The van der Waals surface area contributed by atoms with Crippen LogP contribution in [0.1, 0.15) is 15.4 Å². The molecule has 1 aromatic heterocycles. The first kappa shape index (κ1) is 10.8. The van der Waals surface area contributed by atoms with Crippen molar-refractivity contribution in [2.24, 2.45) is 0 Å². The fraction of sp³-hybridized carbons (Fsp3) is 0.0909. The molecular weight excluding hydrogens is 226 g/mol. The van der Waals surface area contributed by atoms with Gasteiger partial charge in [-0.2, -0.15) is 0 Å². The number of aliphatic hydroxyl groups excluding tert-OH is 1. The van der Waals surface area contributed by atoms with Gasteiger partial charge in [0.25, 0.3) is 0 Å². The number of aliphatic hydroxyl groups is 1. The van der Waals surface area contributed by atoms with E-state index < -0.39 is 5.97 Å². The molecular formula is C11H9NO3S. The number of benzene rings is 1. The Morgan fingerprint density at radius 2 is 2.00 bits per heavy atom. The summed E-state index contributed by atoms with van der Waals surface area (Å²) in [5.74, 6) is -1.05. The summed E-state index contributed by atoms with van der Waals surface area (Å²) in [4.78, 5) is 15.1. The molecule has 1 heterocycles. The molecule has 4 nitrogen and oxygen atoms in total. The van der Waals surface area contributed by atoms with Gasteiger partial charge in [-0.25, -0.2) is 9.78 Å². The largest absolute Gasteiger partial charge is 0.477 e. The Hall–Kier alpha value is -1.72. The highest BCUT2D eigenvalue weighted by Crippen LogP contribution is 2.27. The van der Waals surface area contributed by atoms with Gasteiger partial charge in [0.1, 0.15) is 9.88 Å². The van der Waals surface area contributed by atoms with E-state index in [-0.39, 0.29) is 17.2 Å². The molecule has 5 heteroatoms. The lowest BCUT2D eigenvalue weighted by atomic mass is 10.2. The molecule has 0 aliphatic rings. The summed E-state index contributed by atoms with van der Waals surface area (Å²) in [5.41, 5.74) is 1.08. The summed E-state index contributed by atoms with van der Waals surface area (Å²) in [5, 5.41) is 18.5. The zero-order chi connectivity index (χ0) is 11.5. The van der Waals surface area contributed by atoms with Crippen molar-refractivity contribution in [3.05, 3.63) is 40.9 Å². The summed E-state index contributed by atoms with van der Waals surface area (Å²) in [7, 11) is 0. The van der Waals surface area contributed by atoms with Crippen LogP contribution in [0.3, 0.4) is 0 Å². The Kier molecular flexibility index (Phi) is 2.98. The molecule has 2 rings (SSSR count). The number of nitrogens with zero attached hydrogens (tertiary/aromatic N) is 1. The minimum atomic E-state index is -1.05. The number of hydrogen-bond acceptors (Lipinski definition) is 4. The molecule has 2 aromatic rings. The number of thiazole rings is 1. The minimum absolute atomic E-state index is 0.0985. The fourth-order valence-corrected chi connectivity index (χ4v) is 2.25. The van der Waals surface area contributed by atoms with E-state index >= 15 is 0 Å². The molecule has 2 N–H and O–H groups in total. The standard InChI is InChI=1S/C11H9NO3S/c13-6-8-9(11(14)15)16-10(12-8)7-4-2-1-3-5-7/h1-5,13H,6H2,(H,14,15). The van der Waals surface area contributed by atoms with Gasteiger partial charge < -0.3 is 10.2 Å². The van der Waals surface area contributed by atoms with Gasteiger partial charge in [-0.05, 0) is 0 Å². The first-order valence-electron chi connectivity index (χ1n) is 4.61. The lowest BCUT2D eigenvalue weighted by Gasteiger charge is -1.92. The van der Waals surface area contributed by atoms with Gasteiger partial charge in [-0.15, -0.1) is 11.3 Å². The first-order valence-corrected chi connectivity index (χ1v) is 5.43. The number of carboxylic acids is 1. The third kappa shape index (κ3) is 1.95. The molecule has 0 radical (unpaired) electrons. The van der Waals surface area contributed by atoms with Gasteiger partial charge in [-0.1, -0.05) is 30.3 Å². The Labute approximate surface area is 95.8 Å². The van der Waals surface area contributed by atoms with E-state index in [4.69, 9.17) is 10.2 Å². The zero-order valence-electron chi connectivity index (χ0n) is 8.25. The lowest BCUT2D eigenvalue weighted by Crippen LogP contribution is -1.98. The van der Waals surface area contributed by atoms with Gasteiger partial charge in [0.2, 0.25) is 0 Å². The molecule has 0 saturated heterocycles. The molecule has 0 spiro atoms. The molecule has 0 bridgehead atoms. The molecule has 82 valence electrons. The van der Waals surface area contributed by atoms with Crippen molar-refractivity contribution in [1.82, 2.24) is 4.98 Å². The SMILES string of the molecule is O=C(O)c1sc(-c2ccccc2)nc1CO. The summed E-state index contributed by atoms with van der Waals surface area (Å²) in [6.07, 6.45) is 0. The van der Waals surface area contributed by atoms with E-state index in [0.717, 1.165) is 16.9 Å².